The third-order valence-corrected chi connectivity index (χ3v) is 4.79. The van der Waals surface area contributed by atoms with Crippen LogP contribution in [0.2, 0.25) is 0 Å². The summed E-state index contributed by atoms with van der Waals surface area (Å²) < 4.78 is 38.6. The van der Waals surface area contributed by atoms with Gasteiger partial charge in [-0.2, -0.15) is 13.2 Å². The summed E-state index contributed by atoms with van der Waals surface area (Å²) in [6.45, 7) is 3.93. The summed E-state index contributed by atoms with van der Waals surface area (Å²) in [5, 5.41) is 4.24. The van der Waals surface area contributed by atoms with E-state index in [0.29, 0.717) is 18.1 Å². The van der Waals surface area contributed by atoms with Crippen molar-refractivity contribution in [2.24, 2.45) is 0 Å². The van der Waals surface area contributed by atoms with E-state index in [0.717, 1.165) is 27.4 Å². The second-order valence-electron chi connectivity index (χ2n) is 6.19. The maximum atomic E-state index is 12.9. The number of hydrogen-bond donors (Lipinski definition) is 1. The molecule has 0 amide bonds. The molecule has 0 aliphatic carbocycles. The first-order valence-corrected chi connectivity index (χ1v) is 9.60. The van der Waals surface area contributed by atoms with E-state index < -0.39 is 11.9 Å². The number of nitrogens with one attached hydrogen (secondary N) is 1. The Labute approximate surface area is 159 Å². The number of anilines is 1. The minimum absolute atomic E-state index is 0.164. The topological polar surface area (TPSA) is 50.7 Å². The van der Waals surface area contributed by atoms with Crippen molar-refractivity contribution in [3.8, 4) is 0 Å². The van der Waals surface area contributed by atoms with E-state index in [4.69, 9.17) is 0 Å². The summed E-state index contributed by atoms with van der Waals surface area (Å²) in [6, 6.07) is 9.01. The molecule has 0 spiro atoms. The highest BCUT2D eigenvalue weighted by Gasteiger charge is 2.33. The molecular formula is C19H19F3N4S. The molecule has 1 aromatic carbocycles. The van der Waals surface area contributed by atoms with Gasteiger partial charge in [0, 0.05) is 28.9 Å². The van der Waals surface area contributed by atoms with Crippen molar-refractivity contribution < 1.29 is 13.2 Å². The molecule has 0 saturated carbocycles. The van der Waals surface area contributed by atoms with Crippen LogP contribution in [0.3, 0.4) is 0 Å². The zero-order valence-corrected chi connectivity index (χ0v) is 16.0. The lowest BCUT2D eigenvalue weighted by molar-refractivity contribution is -0.141. The number of aromatic nitrogens is 3. The van der Waals surface area contributed by atoms with Crippen LogP contribution in [-0.2, 0) is 12.6 Å². The van der Waals surface area contributed by atoms with Crippen LogP contribution in [-0.4, -0.2) is 27.8 Å². The zero-order chi connectivity index (χ0) is 19.6. The van der Waals surface area contributed by atoms with Gasteiger partial charge >= 0.3 is 6.18 Å². The number of fused-ring (bicyclic) bond motifs is 1. The van der Waals surface area contributed by atoms with E-state index in [1.54, 1.807) is 11.8 Å². The number of nitrogens with zero attached hydrogens (tertiary/aromatic N) is 3. The van der Waals surface area contributed by atoms with E-state index in [9.17, 15) is 13.2 Å². The fourth-order valence-corrected chi connectivity index (χ4v) is 3.22. The Morgan fingerprint density at radius 1 is 1.04 bits per heavy atom. The maximum absolute atomic E-state index is 12.9. The molecule has 0 aliphatic heterocycles. The van der Waals surface area contributed by atoms with Gasteiger partial charge in [0.1, 0.15) is 17.3 Å². The van der Waals surface area contributed by atoms with E-state index in [1.165, 1.54) is 6.92 Å². The normalized spacial score (nSPS) is 11.8. The quantitative estimate of drug-likeness (QED) is 0.617. The predicted molar refractivity (Wildman–Crippen MR) is 102 cm³/mol. The highest BCUT2D eigenvalue weighted by atomic mass is 32.2. The molecule has 3 aromatic rings. The Kier molecular flexibility index (Phi) is 5.55. The van der Waals surface area contributed by atoms with Crippen LogP contribution in [0.15, 0.2) is 35.2 Å². The molecule has 0 radical (unpaired) electrons. The number of hydrogen-bond acceptors (Lipinski definition) is 5. The van der Waals surface area contributed by atoms with Gasteiger partial charge in [0.2, 0.25) is 0 Å². The molecule has 0 aliphatic rings. The fraction of sp³-hybridized carbons (Fsp3) is 0.316. The standard InChI is InChI=1S/C19H19F3N4S/c1-11-8-18(25-15-10-13(27-3)4-5-14(11)15)23-7-6-17-24-12(2)9-16(26-17)19(20,21)22/h4-5,8-10H,6-7H2,1-3H3,(H,23,25). The van der Waals surface area contributed by atoms with Gasteiger partial charge in [-0.05, 0) is 49.9 Å². The molecule has 0 bridgehead atoms. The van der Waals surface area contributed by atoms with Gasteiger partial charge in [0.25, 0.3) is 0 Å². The Hall–Kier alpha value is -2.35. The van der Waals surface area contributed by atoms with Gasteiger partial charge in [0.05, 0.1) is 5.52 Å². The molecular weight excluding hydrogens is 373 g/mol. The highest BCUT2D eigenvalue weighted by molar-refractivity contribution is 7.98. The fourth-order valence-electron chi connectivity index (χ4n) is 2.79. The van der Waals surface area contributed by atoms with Crippen molar-refractivity contribution in [2.75, 3.05) is 18.1 Å². The van der Waals surface area contributed by atoms with Gasteiger partial charge in [-0.3, -0.25) is 0 Å². The lowest BCUT2D eigenvalue weighted by atomic mass is 10.1. The van der Waals surface area contributed by atoms with Crippen LogP contribution in [0.1, 0.15) is 22.8 Å². The Bertz CT molecular complexity index is 973. The van der Waals surface area contributed by atoms with Crippen molar-refractivity contribution >= 4 is 28.5 Å². The number of thioether (sulfide) groups is 1. The van der Waals surface area contributed by atoms with E-state index in [2.05, 4.69) is 26.3 Å². The number of pyridine rings is 1. The van der Waals surface area contributed by atoms with E-state index in [1.807, 2.05) is 31.4 Å². The van der Waals surface area contributed by atoms with Crippen molar-refractivity contribution in [1.82, 2.24) is 15.0 Å². The monoisotopic (exact) mass is 392 g/mol. The molecule has 0 fully saturated rings. The number of rotatable bonds is 5. The third kappa shape index (κ3) is 4.68. The van der Waals surface area contributed by atoms with E-state index >= 15 is 0 Å². The Morgan fingerprint density at radius 3 is 2.52 bits per heavy atom. The van der Waals surface area contributed by atoms with Gasteiger partial charge in [-0.25, -0.2) is 15.0 Å². The first-order valence-electron chi connectivity index (χ1n) is 8.37. The molecule has 0 saturated heterocycles. The van der Waals surface area contributed by atoms with Crippen LogP contribution in [0.4, 0.5) is 19.0 Å². The average molecular weight is 392 g/mol. The molecule has 27 heavy (non-hydrogen) atoms. The summed E-state index contributed by atoms with van der Waals surface area (Å²) in [7, 11) is 0. The second kappa shape index (κ2) is 7.72. The maximum Gasteiger partial charge on any atom is 0.433 e. The van der Waals surface area contributed by atoms with Crippen molar-refractivity contribution in [3.05, 3.63) is 53.1 Å². The number of alkyl halides is 3. The summed E-state index contributed by atoms with van der Waals surface area (Å²) in [5.41, 5.74) is 1.36. The Morgan fingerprint density at radius 2 is 1.81 bits per heavy atom. The summed E-state index contributed by atoms with van der Waals surface area (Å²) >= 11 is 1.65. The summed E-state index contributed by atoms with van der Waals surface area (Å²) in [6.07, 6.45) is -2.19. The van der Waals surface area contributed by atoms with Crippen molar-refractivity contribution in [2.45, 2.75) is 31.3 Å². The predicted octanol–water partition coefficient (Wildman–Crippen LogP) is 5.04. The second-order valence-corrected chi connectivity index (χ2v) is 7.07. The largest absolute Gasteiger partial charge is 0.433 e. The molecule has 142 valence electrons. The summed E-state index contributed by atoms with van der Waals surface area (Å²) in [5.74, 6) is 0.846. The highest BCUT2D eigenvalue weighted by Crippen LogP contribution is 2.28. The SMILES string of the molecule is CSc1ccc2c(C)cc(NCCc3nc(C)cc(C(F)(F)F)n3)nc2c1. The van der Waals surface area contributed by atoms with Crippen molar-refractivity contribution in [1.29, 1.82) is 0 Å². The van der Waals surface area contributed by atoms with Crippen molar-refractivity contribution in [3.63, 3.8) is 0 Å². The molecule has 3 rings (SSSR count). The number of aryl methyl sites for hydroxylation is 2. The average Bonchev–Trinajstić information content (AvgIpc) is 2.60. The van der Waals surface area contributed by atoms with E-state index in [-0.39, 0.29) is 12.2 Å². The molecule has 0 atom stereocenters. The lowest BCUT2D eigenvalue weighted by Gasteiger charge is -2.11. The molecule has 1 N–H and O–H groups in total. The third-order valence-electron chi connectivity index (χ3n) is 4.07. The first-order chi connectivity index (χ1) is 12.8. The van der Waals surface area contributed by atoms with Crippen LogP contribution in [0, 0.1) is 13.8 Å². The number of benzene rings is 1. The Balaban J connectivity index is 1.75. The molecule has 2 heterocycles. The van der Waals surface area contributed by atoms with Gasteiger partial charge < -0.3 is 5.32 Å². The smallest absolute Gasteiger partial charge is 0.370 e. The van der Waals surface area contributed by atoms with Gasteiger partial charge in [-0.1, -0.05) is 6.07 Å². The molecule has 2 aromatic heterocycles. The van der Waals surface area contributed by atoms with Gasteiger partial charge in [0.15, 0.2) is 0 Å². The number of halogens is 3. The van der Waals surface area contributed by atoms with Crippen LogP contribution in [0.25, 0.3) is 10.9 Å². The van der Waals surface area contributed by atoms with Gasteiger partial charge in [-0.15, -0.1) is 11.8 Å². The first kappa shape index (κ1) is 19.4. The minimum atomic E-state index is -4.47. The molecule has 8 heteroatoms. The van der Waals surface area contributed by atoms with Crippen LogP contribution < -0.4 is 5.32 Å². The zero-order valence-electron chi connectivity index (χ0n) is 15.2. The molecule has 4 nitrogen and oxygen atoms in total. The van der Waals surface area contributed by atoms with Crippen LogP contribution >= 0.6 is 11.8 Å². The summed E-state index contributed by atoms with van der Waals surface area (Å²) in [4.78, 5) is 13.5. The molecule has 0 unspecified atom stereocenters. The lowest BCUT2D eigenvalue weighted by Crippen LogP contribution is -2.14. The van der Waals surface area contributed by atoms with Crippen LogP contribution in [0.5, 0.6) is 0 Å². The minimum Gasteiger partial charge on any atom is -0.370 e.